The van der Waals surface area contributed by atoms with Crippen molar-refractivity contribution in [1.82, 2.24) is 9.88 Å². The molecule has 4 rings (SSSR count). The molecule has 2 aromatic carbocycles. The van der Waals surface area contributed by atoms with Crippen molar-refractivity contribution < 1.29 is 19.1 Å². The summed E-state index contributed by atoms with van der Waals surface area (Å²) >= 11 is 12.0. The fourth-order valence-electron chi connectivity index (χ4n) is 3.51. The van der Waals surface area contributed by atoms with Crippen molar-refractivity contribution >= 4 is 40.7 Å². The minimum atomic E-state index is -0.881. The van der Waals surface area contributed by atoms with E-state index in [1.165, 1.54) is 53.6 Å². The van der Waals surface area contributed by atoms with Gasteiger partial charge in [-0.15, -0.1) is 0 Å². The third-order valence-corrected chi connectivity index (χ3v) is 5.74. The summed E-state index contributed by atoms with van der Waals surface area (Å²) in [5.41, 5.74) is 1.35. The van der Waals surface area contributed by atoms with Gasteiger partial charge in [-0.1, -0.05) is 41.4 Å². The summed E-state index contributed by atoms with van der Waals surface area (Å²) in [6, 6.07) is 12.6. The van der Waals surface area contributed by atoms with Crippen molar-refractivity contribution in [1.29, 1.82) is 0 Å². The molecule has 5 nitrogen and oxygen atoms in total. The number of aliphatic hydroxyl groups is 1. The van der Waals surface area contributed by atoms with Crippen molar-refractivity contribution in [2.24, 2.45) is 0 Å². The maximum atomic E-state index is 13.3. The Morgan fingerprint density at radius 3 is 2.45 bits per heavy atom. The lowest BCUT2D eigenvalue weighted by Crippen LogP contribution is -2.29. The Morgan fingerprint density at radius 1 is 1.06 bits per heavy atom. The molecule has 1 amide bonds. The second-order valence-electron chi connectivity index (χ2n) is 6.97. The molecule has 1 aliphatic heterocycles. The zero-order chi connectivity index (χ0) is 22.1. The Kier molecular flexibility index (Phi) is 5.76. The maximum absolute atomic E-state index is 13.3. The van der Waals surface area contributed by atoms with Gasteiger partial charge in [0, 0.05) is 24.5 Å². The number of aliphatic hydroxyl groups excluding tert-OH is 1. The summed E-state index contributed by atoms with van der Waals surface area (Å²) in [5.74, 6) is -2.39. The fraction of sp³-hybridized carbons (Fsp3) is 0.0870. The summed E-state index contributed by atoms with van der Waals surface area (Å²) in [6.07, 6.45) is 3.09. The van der Waals surface area contributed by atoms with Gasteiger partial charge in [0.25, 0.3) is 11.7 Å². The van der Waals surface area contributed by atoms with Crippen molar-refractivity contribution in [3.63, 3.8) is 0 Å². The van der Waals surface area contributed by atoms with Gasteiger partial charge in [0.1, 0.15) is 11.6 Å². The minimum absolute atomic E-state index is 0.0442. The van der Waals surface area contributed by atoms with E-state index in [9.17, 15) is 19.1 Å². The molecule has 1 N–H and O–H groups in total. The van der Waals surface area contributed by atoms with E-state index in [-0.39, 0.29) is 28.5 Å². The van der Waals surface area contributed by atoms with Crippen LogP contribution in [0.2, 0.25) is 10.0 Å². The monoisotopic (exact) mass is 456 g/mol. The van der Waals surface area contributed by atoms with Gasteiger partial charge in [-0.3, -0.25) is 14.6 Å². The number of aromatic nitrogens is 1. The number of carbonyl (C=O) groups is 2. The molecule has 1 aromatic heterocycles. The molecule has 0 aliphatic carbocycles. The first-order valence-electron chi connectivity index (χ1n) is 9.25. The molecule has 0 spiro atoms. The number of likely N-dealkylation sites (tertiary alicyclic amines) is 1. The number of carbonyl (C=O) groups excluding carboxylic acids is 2. The first-order valence-corrected chi connectivity index (χ1v) is 10.0. The zero-order valence-corrected chi connectivity index (χ0v) is 17.4. The summed E-state index contributed by atoms with van der Waals surface area (Å²) in [4.78, 5) is 31.3. The highest BCUT2D eigenvalue weighted by Gasteiger charge is 2.46. The molecule has 1 unspecified atom stereocenters. The summed E-state index contributed by atoms with van der Waals surface area (Å²) in [7, 11) is 0. The Labute approximate surface area is 187 Å². The van der Waals surface area contributed by atoms with Crippen LogP contribution in [-0.4, -0.2) is 26.7 Å². The number of rotatable bonds is 4. The summed E-state index contributed by atoms with van der Waals surface area (Å²) in [5, 5.41) is 11.5. The number of Topliss-reactive ketones (excluding diaryl/α,β-unsaturated/α-hetero) is 1. The zero-order valence-electron chi connectivity index (χ0n) is 15.9. The lowest BCUT2D eigenvalue weighted by atomic mass is 9.96. The SMILES string of the molecule is O=C1C(=O)N(Cc2ccc(F)cc2)C(c2cccnc2)/C1=C(/O)c1ccc(Cl)c(Cl)c1. The van der Waals surface area contributed by atoms with Crippen LogP contribution in [0.3, 0.4) is 0 Å². The quantitative estimate of drug-likeness (QED) is 0.334. The first-order chi connectivity index (χ1) is 14.9. The number of benzene rings is 2. The standard InChI is InChI=1S/C23H15Cl2FN2O3/c24-17-8-5-14(10-18(17)25)21(29)19-20(15-2-1-9-27-11-15)28(23(31)22(19)30)12-13-3-6-16(26)7-4-13/h1-11,20,29H,12H2/b21-19-. The van der Waals surface area contributed by atoms with E-state index in [1.807, 2.05) is 0 Å². The number of ketones is 1. The van der Waals surface area contributed by atoms with Crippen LogP contribution in [0, 0.1) is 5.82 Å². The van der Waals surface area contributed by atoms with E-state index in [0.717, 1.165) is 0 Å². The van der Waals surface area contributed by atoms with Crippen LogP contribution in [0.1, 0.15) is 22.7 Å². The Hall–Kier alpha value is -3.22. The van der Waals surface area contributed by atoms with Crippen LogP contribution in [0.25, 0.3) is 5.76 Å². The van der Waals surface area contributed by atoms with E-state index in [2.05, 4.69) is 4.98 Å². The molecule has 1 saturated heterocycles. The first kappa shape index (κ1) is 21.0. The number of hydrogen-bond donors (Lipinski definition) is 1. The van der Waals surface area contributed by atoms with Crippen molar-refractivity contribution in [2.45, 2.75) is 12.6 Å². The molecule has 1 aliphatic rings. The van der Waals surface area contributed by atoms with Crippen molar-refractivity contribution in [2.75, 3.05) is 0 Å². The molecule has 3 aromatic rings. The molecular formula is C23H15Cl2FN2O3. The molecule has 0 saturated carbocycles. The van der Waals surface area contributed by atoms with E-state index >= 15 is 0 Å². The van der Waals surface area contributed by atoms with Crippen LogP contribution >= 0.6 is 23.2 Å². The summed E-state index contributed by atoms with van der Waals surface area (Å²) in [6.45, 7) is 0.0442. The van der Waals surface area contributed by atoms with Gasteiger partial charge in [0.2, 0.25) is 0 Å². The topological polar surface area (TPSA) is 70.5 Å². The van der Waals surface area contributed by atoms with Gasteiger partial charge in [-0.05, 0) is 47.5 Å². The number of nitrogens with zero attached hydrogens (tertiary/aromatic N) is 2. The molecular weight excluding hydrogens is 442 g/mol. The summed E-state index contributed by atoms with van der Waals surface area (Å²) < 4.78 is 13.3. The normalized spacial score (nSPS) is 17.9. The molecule has 1 atom stereocenters. The van der Waals surface area contributed by atoms with E-state index in [0.29, 0.717) is 16.1 Å². The highest BCUT2D eigenvalue weighted by molar-refractivity contribution is 6.46. The second kappa shape index (κ2) is 8.49. The highest BCUT2D eigenvalue weighted by atomic mass is 35.5. The predicted octanol–water partition coefficient (Wildman–Crippen LogP) is 5.15. The van der Waals surface area contributed by atoms with Crippen LogP contribution in [0.5, 0.6) is 0 Å². The Balaban J connectivity index is 1.85. The van der Waals surface area contributed by atoms with Gasteiger partial charge in [-0.2, -0.15) is 0 Å². The molecule has 8 heteroatoms. The average molecular weight is 457 g/mol. The van der Waals surface area contributed by atoms with Gasteiger partial charge < -0.3 is 10.0 Å². The van der Waals surface area contributed by atoms with Gasteiger partial charge in [0.15, 0.2) is 0 Å². The molecule has 31 heavy (non-hydrogen) atoms. The lowest BCUT2D eigenvalue weighted by Gasteiger charge is -2.25. The third-order valence-electron chi connectivity index (χ3n) is 5.00. The third kappa shape index (κ3) is 4.04. The molecule has 2 heterocycles. The van der Waals surface area contributed by atoms with Gasteiger partial charge in [0.05, 0.1) is 21.7 Å². The van der Waals surface area contributed by atoms with Crippen LogP contribution in [0.15, 0.2) is 72.6 Å². The Bertz CT molecular complexity index is 1200. The predicted molar refractivity (Wildman–Crippen MR) is 115 cm³/mol. The van der Waals surface area contributed by atoms with E-state index in [4.69, 9.17) is 23.2 Å². The van der Waals surface area contributed by atoms with Crippen LogP contribution in [0.4, 0.5) is 4.39 Å². The smallest absolute Gasteiger partial charge is 0.295 e. The number of amides is 1. The van der Waals surface area contributed by atoms with Crippen molar-refractivity contribution in [3.8, 4) is 0 Å². The number of hydrogen-bond acceptors (Lipinski definition) is 4. The van der Waals surface area contributed by atoms with Crippen molar-refractivity contribution in [3.05, 3.63) is 105 Å². The second-order valence-corrected chi connectivity index (χ2v) is 7.78. The fourth-order valence-corrected chi connectivity index (χ4v) is 3.81. The number of pyridine rings is 1. The Morgan fingerprint density at radius 2 is 1.81 bits per heavy atom. The lowest BCUT2D eigenvalue weighted by molar-refractivity contribution is -0.140. The highest BCUT2D eigenvalue weighted by Crippen LogP contribution is 2.40. The van der Waals surface area contributed by atoms with Gasteiger partial charge in [-0.25, -0.2) is 4.39 Å². The molecule has 156 valence electrons. The van der Waals surface area contributed by atoms with Crippen LogP contribution < -0.4 is 0 Å². The molecule has 0 radical (unpaired) electrons. The largest absolute Gasteiger partial charge is 0.507 e. The number of halogens is 3. The molecule has 1 fully saturated rings. The molecule has 0 bridgehead atoms. The minimum Gasteiger partial charge on any atom is -0.507 e. The van der Waals surface area contributed by atoms with E-state index < -0.39 is 23.5 Å². The average Bonchev–Trinajstić information content (AvgIpc) is 3.02. The van der Waals surface area contributed by atoms with Crippen LogP contribution in [-0.2, 0) is 16.1 Å². The van der Waals surface area contributed by atoms with Gasteiger partial charge >= 0.3 is 0 Å². The maximum Gasteiger partial charge on any atom is 0.295 e. The van der Waals surface area contributed by atoms with E-state index in [1.54, 1.807) is 18.3 Å².